The minimum atomic E-state index is -0.221. The molecule has 2 heterocycles. The van der Waals surface area contributed by atoms with Crippen LogP contribution in [-0.2, 0) is 6.42 Å². The molecular weight excluding hydrogens is 256 g/mol. The van der Waals surface area contributed by atoms with Crippen LogP contribution in [0.2, 0.25) is 0 Å². The van der Waals surface area contributed by atoms with Crippen LogP contribution in [0.5, 0.6) is 0 Å². The van der Waals surface area contributed by atoms with E-state index in [0.717, 1.165) is 18.6 Å². The van der Waals surface area contributed by atoms with E-state index in [1.54, 1.807) is 19.5 Å². The highest BCUT2D eigenvalue weighted by Crippen LogP contribution is 2.07. The molecule has 0 saturated heterocycles. The number of hydrogen-bond donors (Lipinski definition) is 2. The minimum Gasteiger partial charge on any atom is -0.469 e. The van der Waals surface area contributed by atoms with Gasteiger partial charge in [0, 0.05) is 19.5 Å². The Kier molecular flexibility index (Phi) is 4.70. The number of rotatable bonds is 6. The Balaban J connectivity index is 1.86. The lowest BCUT2D eigenvalue weighted by atomic mass is 10.1. The van der Waals surface area contributed by atoms with Gasteiger partial charge in [-0.05, 0) is 25.5 Å². The molecular formula is C14H18N4O2. The summed E-state index contributed by atoms with van der Waals surface area (Å²) >= 11 is 0. The maximum Gasteiger partial charge on any atom is 0.271 e. The van der Waals surface area contributed by atoms with Crippen molar-refractivity contribution in [1.82, 2.24) is 15.3 Å². The predicted octanol–water partition coefficient (Wildman–Crippen LogP) is 1.86. The van der Waals surface area contributed by atoms with Crippen LogP contribution in [0.1, 0.15) is 29.6 Å². The summed E-state index contributed by atoms with van der Waals surface area (Å²) in [6, 6.07) is 3.82. The Morgan fingerprint density at radius 3 is 3.00 bits per heavy atom. The normalized spacial score (nSPS) is 11.9. The summed E-state index contributed by atoms with van der Waals surface area (Å²) < 4.78 is 5.26. The van der Waals surface area contributed by atoms with Gasteiger partial charge >= 0.3 is 0 Å². The zero-order valence-electron chi connectivity index (χ0n) is 11.6. The molecule has 0 fully saturated rings. The molecule has 0 aliphatic carbocycles. The first kappa shape index (κ1) is 14.0. The molecule has 1 amide bonds. The lowest BCUT2D eigenvalue weighted by Crippen LogP contribution is -2.33. The molecule has 0 spiro atoms. The molecule has 0 radical (unpaired) electrons. The number of hydrogen-bond acceptors (Lipinski definition) is 5. The molecule has 0 aromatic carbocycles. The number of aryl methyl sites for hydroxylation is 1. The molecule has 2 N–H and O–H groups in total. The number of aromatic nitrogens is 2. The molecule has 0 saturated carbocycles. The Labute approximate surface area is 117 Å². The molecule has 0 aliphatic heterocycles. The molecule has 106 valence electrons. The van der Waals surface area contributed by atoms with Crippen LogP contribution >= 0.6 is 0 Å². The van der Waals surface area contributed by atoms with Crippen molar-refractivity contribution in [2.75, 3.05) is 12.4 Å². The van der Waals surface area contributed by atoms with E-state index >= 15 is 0 Å². The molecule has 0 aliphatic rings. The van der Waals surface area contributed by atoms with E-state index < -0.39 is 0 Å². The maximum absolute atomic E-state index is 12.0. The number of nitrogens with zero attached hydrogens (tertiary/aromatic N) is 2. The van der Waals surface area contributed by atoms with Crippen LogP contribution in [0.25, 0.3) is 0 Å². The monoisotopic (exact) mass is 274 g/mol. The Morgan fingerprint density at radius 1 is 1.45 bits per heavy atom. The first-order chi connectivity index (χ1) is 9.69. The summed E-state index contributed by atoms with van der Waals surface area (Å²) in [4.78, 5) is 20.1. The summed E-state index contributed by atoms with van der Waals surface area (Å²) in [5.41, 5.74) is 0.307. The molecule has 6 nitrogen and oxygen atoms in total. The van der Waals surface area contributed by atoms with Crippen molar-refractivity contribution in [1.29, 1.82) is 0 Å². The molecule has 1 unspecified atom stereocenters. The third-order valence-electron chi connectivity index (χ3n) is 2.90. The second kappa shape index (κ2) is 6.70. The summed E-state index contributed by atoms with van der Waals surface area (Å²) in [5.74, 6) is 1.27. The van der Waals surface area contributed by atoms with E-state index in [2.05, 4.69) is 20.6 Å². The van der Waals surface area contributed by atoms with Crippen molar-refractivity contribution < 1.29 is 9.21 Å². The minimum absolute atomic E-state index is 0.0349. The number of carbonyl (C=O) groups is 1. The highest BCUT2D eigenvalue weighted by Gasteiger charge is 2.12. The van der Waals surface area contributed by atoms with Gasteiger partial charge in [-0.25, -0.2) is 4.98 Å². The highest BCUT2D eigenvalue weighted by atomic mass is 16.3. The molecule has 2 rings (SSSR count). The van der Waals surface area contributed by atoms with Crippen LogP contribution in [-0.4, -0.2) is 29.0 Å². The van der Waals surface area contributed by atoms with Crippen LogP contribution in [0.4, 0.5) is 5.82 Å². The number of nitrogens with one attached hydrogen (secondary N) is 2. The molecule has 0 bridgehead atoms. The van der Waals surface area contributed by atoms with Gasteiger partial charge in [-0.15, -0.1) is 0 Å². The first-order valence-electron chi connectivity index (χ1n) is 6.52. The summed E-state index contributed by atoms with van der Waals surface area (Å²) in [6.07, 6.45) is 6.26. The van der Waals surface area contributed by atoms with E-state index in [4.69, 9.17) is 4.42 Å². The van der Waals surface area contributed by atoms with E-state index in [1.165, 1.54) is 6.20 Å². The highest BCUT2D eigenvalue weighted by molar-refractivity contribution is 5.92. The number of carbonyl (C=O) groups excluding carboxylic acids is 1. The summed E-state index contributed by atoms with van der Waals surface area (Å²) in [5, 5.41) is 5.75. The maximum atomic E-state index is 12.0. The third kappa shape index (κ3) is 3.81. The van der Waals surface area contributed by atoms with Crippen molar-refractivity contribution >= 4 is 11.7 Å². The molecule has 2 aromatic heterocycles. The zero-order valence-corrected chi connectivity index (χ0v) is 11.6. The zero-order chi connectivity index (χ0) is 14.4. The first-order valence-corrected chi connectivity index (χ1v) is 6.52. The van der Waals surface area contributed by atoms with E-state index in [-0.39, 0.29) is 11.9 Å². The van der Waals surface area contributed by atoms with Crippen LogP contribution < -0.4 is 10.6 Å². The molecule has 6 heteroatoms. The Hall–Kier alpha value is -2.37. The van der Waals surface area contributed by atoms with Gasteiger partial charge in [-0.2, -0.15) is 0 Å². The fourth-order valence-electron chi connectivity index (χ4n) is 1.78. The lowest BCUT2D eigenvalue weighted by Gasteiger charge is -2.12. The Morgan fingerprint density at radius 2 is 2.30 bits per heavy atom. The van der Waals surface area contributed by atoms with Crippen molar-refractivity contribution in [2.45, 2.75) is 25.8 Å². The molecule has 1 atom stereocenters. The number of furan rings is 1. The average molecular weight is 274 g/mol. The molecule has 20 heavy (non-hydrogen) atoms. The SMILES string of the molecule is CNc1cncc(C(=O)NC(C)CCc2ccco2)n1. The van der Waals surface area contributed by atoms with Gasteiger partial charge in [0.25, 0.3) is 5.91 Å². The third-order valence-corrected chi connectivity index (χ3v) is 2.90. The van der Waals surface area contributed by atoms with Crippen LogP contribution in [0, 0.1) is 0 Å². The van der Waals surface area contributed by atoms with Gasteiger partial charge < -0.3 is 15.1 Å². The van der Waals surface area contributed by atoms with Crippen molar-refractivity contribution in [2.24, 2.45) is 0 Å². The quantitative estimate of drug-likeness (QED) is 0.840. The summed E-state index contributed by atoms with van der Waals surface area (Å²) in [7, 11) is 1.73. The largest absolute Gasteiger partial charge is 0.469 e. The van der Waals surface area contributed by atoms with E-state index in [9.17, 15) is 4.79 Å². The van der Waals surface area contributed by atoms with Gasteiger partial charge in [-0.1, -0.05) is 0 Å². The van der Waals surface area contributed by atoms with Gasteiger partial charge in [0.2, 0.25) is 0 Å². The molecule has 2 aromatic rings. The number of amides is 1. The average Bonchev–Trinajstić information content (AvgIpc) is 2.98. The fraction of sp³-hybridized carbons (Fsp3) is 0.357. The van der Waals surface area contributed by atoms with Crippen molar-refractivity contribution in [3.63, 3.8) is 0 Å². The van der Waals surface area contributed by atoms with Gasteiger partial charge in [0.1, 0.15) is 17.3 Å². The van der Waals surface area contributed by atoms with Gasteiger partial charge in [-0.3, -0.25) is 9.78 Å². The topological polar surface area (TPSA) is 80.0 Å². The second-order valence-electron chi connectivity index (χ2n) is 4.53. The van der Waals surface area contributed by atoms with Crippen molar-refractivity contribution in [3.05, 3.63) is 42.2 Å². The predicted molar refractivity (Wildman–Crippen MR) is 75.5 cm³/mol. The smallest absolute Gasteiger partial charge is 0.271 e. The van der Waals surface area contributed by atoms with Gasteiger partial charge in [0.05, 0.1) is 18.7 Å². The lowest BCUT2D eigenvalue weighted by molar-refractivity contribution is 0.0932. The van der Waals surface area contributed by atoms with Crippen molar-refractivity contribution in [3.8, 4) is 0 Å². The van der Waals surface area contributed by atoms with Crippen LogP contribution in [0.3, 0.4) is 0 Å². The van der Waals surface area contributed by atoms with Crippen LogP contribution in [0.15, 0.2) is 35.2 Å². The van der Waals surface area contributed by atoms with Gasteiger partial charge in [0.15, 0.2) is 0 Å². The van der Waals surface area contributed by atoms with E-state index in [0.29, 0.717) is 11.5 Å². The summed E-state index contributed by atoms with van der Waals surface area (Å²) in [6.45, 7) is 1.95. The second-order valence-corrected chi connectivity index (χ2v) is 4.53. The number of anilines is 1. The van der Waals surface area contributed by atoms with E-state index in [1.807, 2.05) is 19.1 Å². The Bertz CT molecular complexity index is 554. The fourth-order valence-corrected chi connectivity index (χ4v) is 1.78. The standard InChI is InChI=1S/C14H18N4O2/c1-10(5-6-11-4-3-7-20-11)17-14(19)12-8-16-9-13(15-2)18-12/h3-4,7-10H,5-6H2,1-2H3,(H,15,18)(H,17,19).